The molecule has 19 heavy (non-hydrogen) atoms. The number of nitrogens with one attached hydrogen (secondary N) is 2. The average Bonchev–Trinajstić information content (AvgIpc) is 3.05. The molecule has 102 valence electrons. The van der Waals surface area contributed by atoms with Gasteiger partial charge in [-0.05, 0) is 31.9 Å². The van der Waals surface area contributed by atoms with Gasteiger partial charge in [0, 0.05) is 11.6 Å². The smallest absolute Gasteiger partial charge is 0.337 e. The second-order valence-electron chi connectivity index (χ2n) is 4.86. The van der Waals surface area contributed by atoms with E-state index in [9.17, 15) is 9.59 Å². The van der Waals surface area contributed by atoms with Crippen molar-refractivity contribution in [3.63, 3.8) is 0 Å². The van der Waals surface area contributed by atoms with Crippen LogP contribution in [0.3, 0.4) is 0 Å². The lowest BCUT2D eigenvalue weighted by atomic mass is 10.1. The molecule has 1 fully saturated rings. The number of amides is 2. The monoisotopic (exact) mass is 264 g/mol. The summed E-state index contributed by atoms with van der Waals surface area (Å²) in [5.74, 6) is -0.617. The first kappa shape index (κ1) is 13.2. The molecule has 0 aromatic heterocycles. The highest BCUT2D eigenvalue weighted by atomic mass is 16.5. The molecule has 0 bridgehead atoms. The van der Waals surface area contributed by atoms with Crippen LogP contribution in [0.2, 0.25) is 0 Å². The molecule has 1 aromatic rings. The molecule has 6 nitrogen and oxygen atoms in total. The van der Waals surface area contributed by atoms with Crippen molar-refractivity contribution >= 4 is 17.7 Å². The minimum atomic E-state index is -1.10. The van der Waals surface area contributed by atoms with Crippen LogP contribution in [-0.2, 0) is 0 Å². The van der Waals surface area contributed by atoms with Crippen molar-refractivity contribution in [3.05, 3.63) is 23.8 Å². The summed E-state index contributed by atoms with van der Waals surface area (Å²) in [6, 6.07) is 4.01. The maximum Gasteiger partial charge on any atom is 0.337 e. The minimum absolute atomic E-state index is 0.0249. The molecule has 0 spiro atoms. The van der Waals surface area contributed by atoms with E-state index in [0.717, 1.165) is 12.8 Å². The second-order valence-corrected chi connectivity index (χ2v) is 4.86. The quantitative estimate of drug-likeness (QED) is 0.776. The molecule has 0 atom stereocenters. The van der Waals surface area contributed by atoms with Crippen molar-refractivity contribution < 1.29 is 19.4 Å². The molecule has 2 rings (SSSR count). The van der Waals surface area contributed by atoms with Crippen LogP contribution in [0.5, 0.6) is 5.75 Å². The number of benzene rings is 1. The van der Waals surface area contributed by atoms with Crippen LogP contribution in [0.25, 0.3) is 0 Å². The standard InChI is InChI=1S/C13H16N2O4/c1-13(5-6-13)15-12(18)14-10-7-8(19-2)3-4-9(10)11(16)17/h3-4,7H,5-6H2,1-2H3,(H,16,17)(H2,14,15,18). The normalized spacial score (nSPS) is 15.5. The molecule has 6 heteroatoms. The van der Waals surface area contributed by atoms with E-state index < -0.39 is 12.0 Å². The number of carbonyl (C=O) groups excluding carboxylic acids is 1. The van der Waals surface area contributed by atoms with Crippen molar-refractivity contribution in [2.75, 3.05) is 12.4 Å². The summed E-state index contributed by atoms with van der Waals surface area (Å²) in [4.78, 5) is 22.9. The van der Waals surface area contributed by atoms with Crippen LogP contribution >= 0.6 is 0 Å². The Morgan fingerprint density at radius 1 is 1.37 bits per heavy atom. The number of ether oxygens (including phenoxy) is 1. The average molecular weight is 264 g/mol. The molecule has 1 aliphatic carbocycles. The molecular weight excluding hydrogens is 248 g/mol. The van der Waals surface area contributed by atoms with Gasteiger partial charge in [-0.25, -0.2) is 9.59 Å². The van der Waals surface area contributed by atoms with Gasteiger partial charge in [-0.1, -0.05) is 0 Å². The molecule has 0 heterocycles. The number of methoxy groups -OCH3 is 1. The number of rotatable bonds is 4. The lowest BCUT2D eigenvalue weighted by molar-refractivity contribution is 0.0698. The Balaban J connectivity index is 2.16. The third-order valence-corrected chi connectivity index (χ3v) is 3.12. The summed E-state index contributed by atoms with van der Waals surface area (Å²) in [6.45, 7) is 1.94. The van der Waals surface area contributed by atoms with Crippen LogP contribution in [0.4, 0.5) is 10.5 Å². The Morgan fingerprint density at radius 3 is 2.58 bits per heavy atom. The predicted molar refractivity (Wildman–Crippen MR) is 69.7 cm³/mol. The van der Waals surface area contributed by atoms with Crippen molar-refractivity contribution in [2.24, 2.45) is 0 Å². The van der Waals surface area contributed by atoms with E-state index in [4.69, 9.17) is 9.84 Å². The lowest BCUT2D eigenvalue weighted by Gasteiger charge is -2.14. The summed E-state index contributed by atoms with van der Waals surface area (Å²) in [7, 11) is 1.48. The summed E-state index contributed by atoms with van der Waals surface area (Å²) in [6.07, 6.45) is 1.87. The van der Waals surface area contributed by atoms with Crippen molar-refractivity contribution in [1.29, 1.82) is 0 Å². The van der Waals surface area contributed by atoms with E-state index >= 15 is 0 Å². The fraction of sp³-hybridized carbons (Fsp3) is 0.385. The van der Waals surface area contributed by atoms with Gasteiger partial charge in [-0.2, -0.15) is 0 Å². The zero-order valence-corrected chi connectivity index (χ0v) is 10.8. The molecule has 1 saturated carbocycles. The number of carboxylic acids is 1. The van der Waals surface area contributed by atoms with E-state index in [1.54, 1.807) is 0 Å². The van der Waals surface area contributed by atoms with Gasteiger partial charge in [0.25, 0.3) is 0 Å². The van der Waals surface area contributed by atoms with Gasteiger partial charge >= 0.3 is 12.0 Å². The highest BCUT2D eigenvalue weighted by molar-refractivity contribution is 6.00. The van der Waals surface area contributed by atoms with Crippen molar-refractivity contribution in [1.82, 2.24) is 5.32 Å². The molecule has 2 amide bonds. The molecular formula is C13H16N2O4. The topological polar surface area (TPSA) is 87.7 Å². The highest BCUT2D eigenvalue weighted by Crippen LogP contribution is 2.34. The molecule has 3 N–H and O–H groups in total. The predicted octanol–water partition coefficient (Wildman–Crippen LogP) is 2.07. The van der Waals surface area contributed by atoms with Crippen LogP contribution < -0.4 is 15.4 Å². The number of hydrogen-bond acceptors (Lipinski definition) is 3. The maximum absolute atomic E-state index is 11.8. The largest absolute Gasteiger partial charge is 0.497 e. The zero-order valence-electron chi connectivity index (χ0n) is 10.8. The molecule has 0 radical (unpaired) electrons. The van der Waals surface area contributed by atoms with E-state index in [0.29, 0.717) is 5.75 Å². The van der Waals surface area contributed by atoms with E-state index in [1.807, 2.05) is 6.92 Å². The van der Waals surface area contributed by atoms with Gasteiger partial charge in [0.15, 0.2) is 0 Å². The van der Waals surface area contributed by atoms with Crippen LogP contribution in [0.15, 0.2) is 18.2 Å². The van der Waals surface area contributed by atoms with Gasteiger partial charge in [-0.15, -0.1) is 0 Å². The third kappa shape index (κ3) is 3.15. The summed E-state index contributed by atoms with van der Waals surface area (Å²) in [5, 5.41) is 14.4. The van der Waals surface area contributed by atoms with Gasteiger partial charge in [0.1, 0.15) is 5.75 Å². The summed E-state index contributed by atoms with van der Waals surface area (Å²) < 4.78 is 5.02. The number of anilines is 1. The third-order valence-electron chi connectivity index (χ3n) is 3.12. The van der Waals surface area contributed by atoms with E-state index in [2.05, 4.69) is 10.6 Å². The van der Waals surface area contributed by atoms with Crippen molar-refractivity contribution in [2.45, 2.75) is 25.3 Å². The first-order chi connectivity index (χ1) is 8.93. The molecule has 1 aromatic carbocycles. The van der Waals surface area contributed by atoms with Crippen LogP contribution in [0, 0.1) is 0 Å². The fourth-order valence-electron chi connectivity index (χ4n) is 1.68. The van der Waals surface area contributed by atoms with Gasteiger partial charge in [0.05, 0.1) is 18.4 Å². The SMILES string of the molecule is COc1ccc(C(=O)O)c(NC(=O)NC2(C)CC2)c1. The summed E-state index contributed by atoms with van der Waals surface area (Å²) in [5.41, 5.74) is 0.0808. The van der Waals surface area contributed by atoms with Gasteiger partial charge in [0.2, 0.25) is 0 Å². The van der Waals surface area contributed by atoms with E-state index in [1.165, 1.54) is 25.3 Å². The lowest BCUT2D eigenvalue weighted by Crippen LogP contribution is -2.37. The zero-order chi connectivity index (χ0) is 14.0. The van der Waals surface area contributed by atoms with E-state index in [-0.39, 0.29) is 16.8 Å². The first-order valence-electron chi connectivity index (χ1n) is 5.94. The van der Waals surface area contributed by atoms with Crippen molar-refractivity contribution in [3.8, 4) is 5.75 Å². The fourth-order valence-corrected chi connectivity index (χ4v) is 1.68. The Hall–Kier alpha value is -2.24. The molecule has 0 unspecified atom stereocenters. The summed E-state index contributed by atoms with van der Waals surface area (Å²) >= 11 is 0. The Morgan fingerprint density at radius 2 is 2.05 bits per heavy atom. The number of aromatic carboxylic acids is 1. The van der Waals surface area contributed by atoms with Gasteiger partial charge < -0.3 is 20.5 Å². The molecule has 0 saturated heterocycles. The Labute approximate surface area is 110 Å². The number of carbonyl (C=O) groups is 2. The number of carboxylic acid groups (broad SMARTS) is 1. The highest BCUT2D eigenvalue weighted by Gasteiger charge is 2.38. The minimum Gasteiger partial charge on any atom is -0.497 e. The van der Waals surface area contributed by atoms with Gasteiger partial charge in [-0.3, -0.25) is 0 Å². The van der Waals surface area contributed by atoms with Crippen LogP contribution in [0.1, 0.15) is 30.1 Å². The second kappa shape index (κ2) is 4.79. The first-order valence-corrected chi connectivity index (χ1v) is 5.94. The Kier molecular flexibility index (Phi) is 3.33. The number of hydrogen-bond donors (Lipinski definition) is 3. The molecule has 0 aliphatic heterocycles. The molecule has 1 aliphatic rings. The van der Waals surface area contributed by atoms with Crippen LogP contribution in [-0.4, -0.2) is 29.8 Å². The Bertz CT molecular complexity index is 523. The maximum atomic E-state index is 11.8. The number of urea groups is 1.